The number of ether oxygens (including phenoxy) is 1. The number of carbonyl (C=O) groups excluding carboxylic acids is 1. The molecular weight excluding hydrogens is 173 g/mol. The number of hydrogen-bond donors (Lipinski definition) is 0. The van der Waals surface area contributed by atoms with Crippen molar-refractivity contribution in [1.29, 1.82) is 0 Å². The summed E-state index contributed by atoms with van der Waals surface area (Å²) in [6.07, 6.45) is -3.98. The summed E-state index contributed by atoms with van der Waals surface area (Å²) in [4.78, 5) is 10.3. The SMILES string of the molecule is O=CC1(C(F)(F)F)CCCCO1. The van der Waals surface area contributed by atoms with Crippen LogP contribution in [0.1, 0.15) is 19.3 Å². The molecule has 1 aliphatic heterocycles. The van der Waals surface area contributed by atoms with Crippen molar-refractivity contribution in [2.24, 2.45) is 0 Å². The Bertz CT molecular complexity index is 170. The van der Waals surface area contributed by atoms with Crippen LogP contribution in [-0.4, -0.2) is 24.7 Å². The van der Waals surface area contributed by atoms with Gasteiger partial charge in [-0.05, 0) is 19.3 Å². The van der Waals surface area contributed by atoms with Gasteiger partial charge in [0, 0.05) is 6.61 Å². The summed E-state index contributed by atoms with van der Waals surface area (Å²) in [5.41, 5.74) is -2.52. The molecule has 0 aromatic heterocycles. The minimum atomic E-state index is -4.57. The van der Waals surface area contributed by atoms with Gasteiger partial charge in [-0.1, -0.05) is 0 Å². The van der Waals surface area contributed by atoms with Gasteiger partial charge in [-0.2, -0.15) is 13.2 Å². The monoisotopic (exact) mass is 182 g/mol. The summed E-state index contributed by atoms with van der Waals surface area (Å²) >= 11 is 0. The lowest BCUT2D eigenvalue weighted by Gasteiger charge is -2.33. The van der Waals surface area contributed by atoms with E-state index in [0.717, 1.165) is 0 Å². The van der Waals surface area contributed by atoms with E-state index in [4.69, 9.17) is 0 Å². The van der Waals surface area contributed by atoms with Gasteiger partial charge in [0.1, 0.15) is 0 Å². The smallest absolute Gasteiger partial charge is 0.359 e. The Kier molecular flexibility index (Phi) is 2.41. The van der Waals surface area contributed by atoms with Crippen molar-refractivity contribution in [2.75, 3.05) is 6.61 Å². The fraction of sp³-hybridized carbons (Fsp3) is 0.857. The molecule has 1 unspecified atom stereocenters. The van der Waals surface area contributed by atoms with Crippen LogP contribution in [0.4, 0.5) is 13.2 Å². The molecule has 0 saturated carbocycles. The number of hydrogen-bond acceptors (Lipinski definition) is 2. The third kappa shape index (κ3) is 1.46. The number of alkyl halides is 3. The summed E-state index contributed by atoms with van der Waals surface area (Å²) in [6.45, 7) is 0.0122. The first-order valence-electron chi connectivity index (χ1n) is 3.69. The molecule has 0 aromatic rings. The lowest BCUT2D eigenvalue weighted by Crippen LogP contribution is -2.51. The normalized spacial score (nSPS) is 31.6. The molecule has 70 valence electrons. The zero-order chi connectivity index (χ0) is 9.24. The van der Waals surface area contributed by atoms with Crippen LogP contribution >= 0.6 is 0 Å². The Balaban J connectivity index is 2.80. The Morgan fingerprint density at radius 2 is 2.00 bits per heavy atom. The second kappa shape index (κ2) is 3.05. The van der Waals surface area contributed by atoms with Gasteiger partial charge in [0.2, 0.25) is 5.60 Å². The standard InChI is InChI=1S/C7H9F3O2/c8-7(9,10)6(5-11)3-1-2-4-12-6/h5H,1-4H2. The van der Waals surface area contributed by atoms with Crippen LogP contribution in [0.15, 0.2) is 0 Å². The first-order valence-corrected chi connectivity index (χ1v) is 3.69. The van der Waals surface area contributed by atoms with Crippen molar-refractivity contribution in [2.45, 2.75) is 31.0 Å². The second-order valence-corrected chi connectivity index (χ2v) is 2.81. The van der Waals surface area contributed by atoms with Gasteiger partial charge in [-0.3, -0.25) is 4.79 Å². The van der Waals surface area contributed by atoms with E-state index in [1.165, 1.54) is 0 Å². The molecule has 0 aliphatic carbocycles. The summed E-state index contributed by atoms with van der Waals surface area (Å²) in [7, 11) is 0. The first-order chi connectivity index (χ1) is 5.52. The molecule has 0 aromatic carbocycles. The maximum Gasteiger partial charge on any atom is 0.424 e. The fourth-order valence-corrected chi connectivity index (χ4v) is 1.20. The van der Waals surface area contributed by atoms with E-state index >= 15 is 0 Å². The van der Waals surface area contributed by atoms with Crippen LogP contribution in [0.3, 0.4) is 0 Å². The second-order valence-electron chi connectivity index (χ2n) is 2.81. The zero-order valence-electron chi connectivity index (χ0n) is 6.36. The van der Waals surface area contributed by atoms with Gasteiger partial charge < -0.3 is 4.74 Å². The average Bonchev–Trinajstić information content (AvgIpc) is 2.04. The maximum atomic E-state index is 12.2. The van der Waals surface area contributed by atoms with E-state index in [0.29, 0.717) is 12.8 Å². The molecule has 0 bridgehead atoms. The first kappa shape index (κ1) is 9.51. The quantitative estimate of drug-likeness (QED) is 0.577. The summed E-state index contributed by atoms with van der Waals surface area (Å²) < 4.78 is 41.2. The van der Waals surface area contributed by atoms with Gasteiger partial charge in [0.25, 0.3) is 0 Å². The van der Waals surface area contributed by atoms with Crippen molar-refractivity contribution < 1.29 is 22.7 Å². The van der Waals surface area contributed by atoms with E-state index < -0.39 is 11.8 Å². The summed E-state index contributed by atoms with van der Waals surface area (Å²) in [6, 6.07) is 0. The third-order valence-corrected chi connectivity index (χ3v) is 1.97. The molecule has 2 nitrogen and oxygen atoms in total. The number of aldehydes is 1. The van der Waals surface area contributed by atoms with Crippen molar-refractivity contribution in [1.82, 2.24) is 0 Å². The van der Waals surface area contributed by atoms with Gasteiger partial charge in [-0.25, -0.2) is 0 Å². The molecule has 1 fully saturated rings. The highest BCUT2D eigenvalue weighted by Crippen LogP contribution is 2.38. The molecule has 1 aliphatic rings. The molecule has 0 spiro atoms. The molecule has 0 amide bonds. The van der Waals surface area contributed by atoms with E-state index in [2.05, 4.69) is 4.74 Å². The molecule has 0 radical (unpaired) electrons. The van der Waals surface area contributed by atoms with Gasteiger partial charge in [0.15, 0.2) is 6.29 Å². The van der Waals surface area contributed by atoms with Crippen LogP contribution in [0.5, 0.6) is 0 Å². The van der Waals surface area contributed by atoms with E-state index in [1.54, 1.807) is 0 Å². The van der Waals surface area contributed by atoms with Gasteiger partial charge in [-0.15, -0.1) is 0 Å². The average molecular weight is 182 g/mol. The highest BCUT2D eigenvalue weighted by Gasteiger charge is 2.56. The molecule has 5 heteroatoms. The highest BCUT2D eigenvalue weighted by atomic mass is 19.4. The maximum absolute atomic E-state index is 12.2. The van der Waals surface area contributed by atoms with Crippen LogP contribution < -0.4 is 0 Å². The van der Waals surface area contributed by atoms with Crippen LogP contribution in [-0.2, 0) is 9.53 Å². The van der Waals surface area contributed by atoms with Crippen molar-refractivity contribution in [3.8, 4) is 0 Å². The van der Waals surface area contributed by atoms with Crippen LogP contribution in [0.25, 0.3) is 0 Å². The van der Waals surface area contributed by atoms with Gasteiger partial charge in [0.05, 0.1) is 0 Å². The van der Waals surface area contributed by atoms with Crippen molar-refractivity contribution in [3.63, 3.8) is 0 Å². The largest absolute Gasteiger partial charge is 0.424 e. The highest BCUT2D eigenvalue weighted by molar-refractivity contribution is 5.64. The lowest BCUT2D eigenvalue weighted by atomic mass is 9.95. The van der Waals surface area contributed by atoms with Crippen molar-refractivity contribution in [3.05, 3.63) is 0 Å². The van der Waals surface area contributed by atoms with E-state index in [9.17, 15) is 18.0 Å². The molecule has 12 heavy (non-hydrogen) atoms. The molecule has 1 heterocycles. The van der Waals surface area contributed by atoms with Crippen LogP contribution in [0.2, 0.25) is 0 Å². The number of halogens is 3. The molecule has 1 rings (SSSR count). The Hall–Kier alpha value is -0.580. The summed E-state index contributed by atoms with van der Waals surface area (Å²) in [5, 5.41) is 0. The molecule has 0 N–H and O–H groups in total. The predicted octanol–water partition coefficient (Wildman–Crippen LogP) is 1.69. The van der Waals surface area contributed by atoms with Crippen molar-refractivity contribution >= 4 is 6.29 Å². The Labute approximate surface area is 67.7 Å². The van der Waals surface area contributed by atoms with Gasteiger partial charge >= 0.3 is 6.18 Å². The lowest BCUT2D eigenvalue weighted by molar-refractivity contribution is -0.270. The zero-order valence-corrected chi connectivity index (χ0v) is 6.36. The number of carbonyl (C=O) groups is 1. The molecule has 1 saturated heterocycles. The van der Waals surface area contributed by atoms with Crippen LogP contribution in [0, 0.1) is 0 Å². The predicted molar refractivity (Wildman–Crippen MR) is 34.7 cm³/mol. The minimum Gasteiger partial charge on any atom is -0.359 e. The summed E-state index contributed by atoms with van der Waals surface area (Å²) in [5.74, 6) is 0. The number of rotatable bonds is 1. The van der Waals surface area contributed by atoms with E-state index in [-0.39, 0.29) is 19.3 Å². The molecule has 1 atom stereocenters. The fourth-order valence-electron chi connectivity index (χ4n) is 1.20. The Morgan fingerprint density at radius 1 is 1.33 bits per heavy atom. The third-order valence-electron chi connectivity index (χ3n) is 1.97. The Morgan fingerprint density at radius 3 is 2.25 bits per heavy atom. The minimum absolute atomic E-state index is 0.0122. The van der Waals surface area contributed by atoms with E-state index in [1.807, 2.05) is 0 Å². The topological polar surface area (TPSA) is 26.3 Å². The molecular formula is C7H9F3O2.